The minimum Gasteiger partial charge on any atom is -0.496 e. The van der Waals surface area contributed by atoms with Gasteiger partial charge in [0.05, 0.1) is 27.9 Å². The second-order valence-electron chi connectivity index (χ2n) is 6.64. The van der Waals surface area contributed by atoms with Crippen molar-refractivity contribution in [2.24, 2.45) is 10.7 Å². The molecule has 9 heteroatoms. The van der Waals surface area contributed by atoms with Gasteiger partial charge in [-0.25, -0.2) is 9.38 Å². The first-order valence-electron chi connectivity index (χ1n) is 9.40. The summed E-state index contributed by atoms with van der Waals surface area (Å²) in [6.07, 6.45) is 0. The van der Waals surface area contributed by atoms with E-state index in [0.717, 1.165) is 37.4 Å². The highest BCUT2D eigenvalue weighted by Gasteiger charge is 2.19. The Kier molecular flexibility index (Phi) is 8.82. The van der Waals surface area contributed by atoms with Crippen LogP contribution in [0.1, 0.15) is 5.56 Å². The van der Waals surface area contributed by atoms with E-state index in [1.807, 2.05) is 11.0 Å². The van der Waals surface area contributed by atoms with E-state index in [1.54, 1.807) is 39.5 Å². The lowest BCUT2D eigenvalue weighted by molar-refractivity contribution is 0.347. The average molecular weight is 530 g/mol. The number of halogens is 2. The van der Waals surface area contributed by atoms with Gasteiger partial charge in [-0.3, -0.25) is 0 Å². The van der Waals surface area contributed by atoms with Crippen molar-refractivity contribution >= 4 is 35.6 Å². The molecule has 0 aromatic heterocycles. The van der Waals surface area contributed by atoms with Gasteiger partial charge in [0.15, 0.2) is 17.5 Å². The lowest BCUT2D eigenvalue weighted by Crippen LogP contribution is -2.51. The molecule has 30 heavy (non-hydrogen) atoms. The van der Waals surface area contributed by atoms with E-state index < -0.39 is 0 Å². The Balaban J connectivity index is 0.00000320. The minimum atomic E-state index is -0.227. The molecule has 0 amide bonds. The number of ether oxygens (including phenoxy) is 3. The number of piperazine rings is 1. The minimum absolute atomic E-state index is 0. The standard InChI is InChI=1S/C21H27FN4O3.HI/c1-27-18-13-20(29-3)19(28-2)12-15(18)14-24-21(23)26-10-8-25(9-11-26)17-6-4-16(22)5-7-17;/h4-7,12-13H,8-11,14H2,1-3H3,(H2,23,24);1H. The fourth-order valence-electron chi connectivity index (χ4n) is 3.33. The van der Waals surface area contributed by atoms with Crippen LogP contribution in [0.5, 0.6) is 17.2 Å². The monoisotopic (exact) mass is 530 g/mol. The zero-order chi connectivity index (χ0) is 20.8. The smallest absolute Gasteiger partial charge is 0.191 e. The highest BCUT2D eigenvalue weighted by atomic mass is 127. The Morgan fingerprint density at radius 2 is 1.50 bits per heavy atom. The van der Waals surface area contributed by atoms with Crippen LogP contribution in [0.4, 0.5) is 10.1 Å². The quantitative estimate of drug-likeness (QED) is 0.352. The number of anilines is 1. The summed E-state index contributed by atoms with van der Waals surface area (Å²) in [5.41, 5.74) is 8.10. The second-order valence-corrected chi connectivity index (χ2v) is 6.64. The van der Waals surface area contributed by atoms with E-state index in [2.05, 4.69) is 9.89 Å². The third-order valence-electron chi connectivity index (χ3n) is 4.99. The molecule has 0 atom stereocenters. The molecule has 1 fully saturated rings. The molecule has 2 aromatic rings. The molecule has 1 saturated heterocycles. The second kappa shape index (κ2) is 11.1. The highest BCUT2D eigenvalue weighted by Crippen LogP contribution is 2.35. The summed E-state index contributed by atoms with van der Waals surface area (Å²) in [6.45, 7) is 3.45. The van der Waals surface area contributed by atoms with Crippen LogP contribution >= 0.6 is 24.0 Å². The molecule has 1 heterocycles. The number of rotatable bonds is 6. The van der Waals surface area contributed by atoms with Crippen LogP contribution in [0.25, 0.3) is 0 Å². The zero-order valence-corrected chi connectivity index (χ0v) is 19.8. The van der Waals surface area contributed by atoms with Gasteiger partial charge in [0.1, 0.15) is 11.6 Å². The van der Waals surface area contributed by atoms with Crippen LogP contribution in [-0.4, -0.2) is 58.4 Å². The van der Waals surface area contributed by atoms with Gasteiger partial charge in [-0.05, 0) is 30.3 Å². The number of hydrogen-bond acceptors (Lipinski definition) is 5. The van der Waals surface area contributed by atoms with Gasteiger partial charge >= 0.3 is 0 Å². The lowest BCUT2D eigenvalue weighted by Gasteiger charge is -2.36. The molecule has 0 bridgehead atoms. The fourth-order valence-corrected chi connectivity index (χ4v) is 3.33. The number of hydrogen-bond donors (Lipinski definition) is 1. The lowest BCUT2D eigenvalue weighted by atomic mass is 10.1. The van der Waals surface area contributed by atoms with Gasteiger partial charge in [0, 0.05) is 43.5 Å². The summed E-state index contributed by atoms with van der Waals surface area (Å²) in [5.74, 6) is 2.14. The van der Waals surface area contributed by atoms with E-state index in [1.165, 1.54) is 12.1 Å². The van der Waals surface area contributed by atoms with E-state index in [0.29, 0.717) is 29.8 Å². The van der Waals surface area contributed by atoms with E-state index in [-0.39, 0.29) is 29.8 Å². The molecular formula is C21H28FIN4O3. The van der Waals surface area contributed by atoms with Crippen molar-refractivity contribution in [3.05, 3.63) is 47.8 Å². The number of guanidine groups is 1. The molecule has 0 radical (unpaired) electrons. The van der Waals surface area contributed by atoms with Crippen LogP contribution in [0, 0.1) is 5.82 Å². The normalized spacial score (nSPS) is 14.2. The Bertz CT molecular complexity index is 856. The number of nitrogens with zero attached hydrogens (tertiary/aromatic N) is 3. The third-order valence-corrected chi connectivity index (χ3v) is 4.99. The number of aliphatic imine (C=N–C) groups is 1. The molecule has 1 aliphatic heterocycles. The largest absolute Gasteiger partial charge is 0.496 e. The summed E-state index contributed by atoms with van der Waals surface area (Å²) >= 11 is 0. The summed E-state index contributed by atoms with van der Waals surface area (Å²) in [6, 6.07) is 10.2. The number of benzene rings is 2. The molecular weight excluding hydrogens is 502 g/mol. The molecule has 7 nitrogen and oxygen atoms in total. The number of methoxy groups -OCH3 is 3. The maximum Gasteiger partial charge on any atom is 0.191 e. The Morgan fingerprint density at radius 1 is 0.933 bits per heavy atom. The van der Waals surface area contributed by atoms with Crippen LogP contribution in [-0.2, 0) is 6.54 Å². The van der Waals surface area contributed by atoms with Crippen molar-refractivity contribution in [2.75, 3.05) is 52.4 Å². The van der Waals surface area contributed by atoms with Crippen LogP contribution in [0.15, 0.2) is 41.4 Å². The van der Waals surface area contributed by atoms with E-state index in [9.17, 15) is 4.39 Å². The Hall–Kier alpha value is -2.43. The van der Waals surface area contributed by atoms with E-state index >= 15 is 0 Å². The first-order chi connectivity index (χ1) is 14.0. The maximum absolute atomic E-state index is 13.1. The predicted molar refractivity (Wildman–Crippen MR) is 127 cm³/mol. The topological polar surface area (TPSA) is 72.5 Å². The van der Waals surface area contributed by atoms with Gasteiger partial charge < -0.3 is 29.7 Å². The molecule has 2 N–H and O–H groups in total. The Labute approximate surface area is 193 Å². The van der Waals surface area contributed by atoms with Gasteiger partial charge in [0.25, 0.3) is 0 Å². The van der Waals surface area contributed by atoms with Crippen LogP contribution in [0.3, 0.4) is 0 Å². The molecule has 0 saturated carbocycles. The van der Waals surface area contributed by atoms with Gasteiger partial charge in [-0.2, -0.15) is 0 Å². The third kappa shape index (κ3) is 5.59. The van der Waals surface area contributed by atoms with Crippen molar-refractivity contribution < 1.29 is 18.6 Å². The Morgan fingerprint density at radius 3 is 2.07 bits per heavy atom. The molecule has 0 aliphatic carbocycles. The molecule has 2 aromatic carbocycles. The first kappa shape index (κ1) is 23.8. The van der Waals surface area contributed by atoms with Gasteiger partial charge in [-0.15, -0.1) is 24.0 Å². The SMILES string of the molecule is COc1cc(OC)c(OC)cc1CN=C(N)N1CCN(c2ccc(F)cc2)CC1.I. The van der Waals surface area contributed by atoms with Crippen molar-refractivity contribution in [3.8, 4) is 17.2 Å². The molecule has 0 unspecified atom stereocenters. The summed E-state index contributed by atoms with van der Waals surface area (Å²) in [7, 11) is 4.78. The maximum atomic E-state index is 13.1. The molecule has 1 aliphatic rings. The molecule has 3 rings (SSSR count). The zero-order valence-electron chi connectivity index (χ0n) is 17.4. The van der Waals surface area contributed by atoms with Crippen LogP contribution in [0.2, 0.25) is 0 Å². The van der Waals surface area contributed by atoms with Crippen LogP contribution < -0.4 is 24.8 Å². The van der Waals surface area contributed by atoms with Gasteiger partial charge in [-0.1, -0.05) is 0 Å². The molecule has 164 valence electrons. The van der Waals surface area contributed by atoms with Crippen molar-refractivity contribution in [1.29, 1.82) is 0 Å². The van der Waals surface area contributed by atoms with E-state index in [4.69, 9.17) is 19.9 Å². The van der Waals surface area contributed by atoms with Crippen molar-refractivity contribution in [3.63, 3.8) is 0 Å². The fraction of sp³-hybridized carbons (Fsp3) is 0.381. The van der Waals surface area contributed by atoms with Gasteiger partial charge in [0.2, 0.25) is 0 Å². The predicted octanol–water partition coefficient (Wildman–Crippen LogP) is 3.11. The van der Waals surface area contributed by atoms with Crippen molar-refractivity contribution in [2.45, 2.75) is 6.54 Å². The first-order valence-corrected chi connectivity index (χ1v) is 9.40. The highest BCUT2D eigenvalue weighted by molar-refractivity contribution is 14.0. The number of nitrogens with two attached hydrogens (primary N) is 1. The molecule has 0 spiro atoms. The summed E-state index contributed by atoms with van der Waals surface area (Å²) in [4.78, 5) is 8.80. The summed E-state index contributed by atoms with van der Waals surface area (Å²) in [5, 5.41) is 0. The van der Waals surface area contributed by atoms with Crippen molar-refractivity contribution in [1.82, 2.24) is 4.90 Å². The average Bonchev–Trinajstić information content (AvgIpc) is 2.77. The summed E-state index contributed by atoms with van der Waals surface area (Å²) < 4.78 is 29.2.